The lowest BCUT2D eigenvalue weighted by molar-refractivity contribution is 0.162. The van der Waals surface area contributed by atoms with E-state index in [-0.39, 0.29) is 16.2 Å². The Bertz CT molecular complexity index is 920. The number of alkyl halides is 1. The molecule has 28 heavy (non-hydrogen) atoms. The van der Waals surface area contributed by atoms with Crippen LogP contribution in [0.25, 0.3) is 10.8 Å². The maximum atomic E-state index is 13.1. The van der Waals surface area contributed by atoms with Gasteiger partial charge in [0, 0.05) is 47.3 Å². The number of rotatable bonds is 11. The van der Waals surface area contributed by atoms with E-state index in [1.807, 2.05) is 11.8 Å². The molecule has 0 radical (unpaired) electrons. The van der Waals surface area contributed by atoms with Crippen molar-refractivity contribution in [2.75, 3.05) is 38.0 Å². The monoisotopic (exact) mass is 427 g/mol. The minimum Gasteiger partial charge on any atom is -0.383 e. The van der Waals surface area contributed by atoms with Gasteiger partial charge in [-0.1, -0.05) is 6.92 Å². The summed E-state index contributed by atoms with van der Waals surface area (Å²) in [7, 11) is -2.50. The van der Waals surface area contributed by atoms with E-state index in [9.17, 15) is 12.8 Å². The molecule has 0 bridgehead atoms. The minimum atomic E-state index is -3.91. The van der Waals surface area contributed by atoms with E-state index in [0.717, 1.165) is 23.4 Å². The second-order valence-electron chi connectivity index (χ2n) is 6.93. The summed E-state index contributed by atoms with van der Waals surface area (Å²) in [6, 6.07) is 4.06. The maximum Gasteiger partial charge on any atom is 0.241 e. The first-order valence-electron chi connectivity index (χ1n) is 9.26. The second-order valence-corrected chi connectivity index (χ2v) is 10.3. The molecular weight excluding hydrogens is 401 g/mol. The smallest absolute Gasteiger partial charge is 0.241 e. The number of sulfonamides is 1. The number of aromatic nitrogens is 1. The van der Waals surface area contributed by atoms with Gasteiger partial charge in [-0.15, -0.1) is 0 Å². The van der Waals surface area contributed by atoms with Crippen LogP contribution in [0.3, 0.4) is 0 Å². The fourth-order valence-corrected chi connectivity index (χ4v) is 5.81. The first-order chi connectivity index (χ1) is 13.4. The highest BCUT2D eigenvalue weighted by atomic mass is 32.2. The van der Waals surface area contributed by atoms with Crippen LogP contribution in [-0.4, -0.2) is 56.9 Å². The van der Waals surface area contributed by atoms with Crippen LogP contribution in [0.5, 0.6) is 0 Å². The molecular formula is C19H26FN3O3S2. The van der Waals surface area contributed by atoms with E-state index in [4.69, 9.17) is 4.74 Å². The molecule has 6 nitrogen and oxygen atoms in total. The highest BCUT2D eigenvalue weighted by Crippen LogP contribution is 2.48. The summed E-state index contributed by atoms with van der Waals surface area (Å²) in [5.74, 6) is 1.07. The number of ether oxygens (including phenoxy) is 1. The molecule has 0 saturated heterocycles. The van der Waals surface area contributed by atoms with Crippen LogP contribution in [0, 0.1) is 0 Å². The standard InChI is InChI=1S/C19H26FN3O3S2/c1-3-27-19(7-8-19)13-22-17-4-5-18(15-6-9-21-11-16(15)17)28(24,25)23-14(10-20)12-26-2/h4-6,9,11,14,22-23H,3,7-8,10,12-13H2,1-2H3/t14-/m0/s1. The quantitative estimate of drug-likeness (QED) is 0.573. The summed E-state index contributed by atoms with van der Waals surface area (Å²) in [4.78, 5) is 4.26. The van der Waals surface area contributed by atoms with Crippen molar-refractivity contribution in [3.8, 4) is 0 Å². The molecule has 1 saturated carbocycles. The number of hydrogen-bond donors (Lipinski definition) is 2. The third kappa shape index (κ3) is 4.76. The summed E-state index contributed by atoms with van der Waals surface area (Å²) in [6.07, 6.45) is 5.59. The predicted molar refractivity (Wildman–Crippen MR) is 112 cm³/mol. The Labute approximate surface area is 169 Å². The maximum absolute atomic E-state index is 13.1. The average Bonchev–Trinajstić information content (AvgIpc) is 3.45. The van der Waals surface area contributed by atoms with Gasteiger partial charge in [0.2, 0.25) is 10.0 Å². The van der Waals surface area contributed by atoms with Crippen molar-refractivity contribution in [3.63, 3.8) is 0 Å². The number of anilines is 1. The fourth-order valence-electron chi connectivity index (χ4n) is 3.22. The Morgan fingerprint density at radius 3 is 2.75 bits per heavy atom. The fraction of sp³-hybridized carbons (Fsp3) is 0.526. The third-order valence-electron chi connectivity index (χ3n) is 4.80. The van der Waals surface area contributed by atoms with Crippen LogP contribution in [0.1, 0.15) is 19.8 Å². The number of nitrogens with one attached hydrogen (secondary N) is 2. The van der Waals surface area contributed by atoms with E-state index in [1.165, 1.54) is 20.0 Å². The van der Waals surface area contributed by atoms with Crippen molar-refractivity contribution in [2.45, 2.75) is 35.4 Å². The lowest BCUT2D eigenvalue weighted by Gasteiger charge is -2.19. The van der Waals surface area contributed by atoms with Gasteiger partial charge >= 0.3 is 0 Å². The molecule has 2 aromatic rings. The Kier molecular flexibility index (Phi) is 6.80. The van der Waals surface area contributed by atoms with Crippen molar-refractivity contribution in [1.82, 2.24) is 9.71 Å². The third-order valence-corrected chi connectivity index (χ3v) is 7.84. The number of thioether (sulfide) groups is 1. The van der Waals surface area contributed by atoms with Crippen molar-refractivity contribution in [1.29, 1.82) is 0 Å². The van der Waals surface area contributed by atoms with Gasteiger partial charge in [0.25, 0.3) is 0 Å². The van der Waals surface area contributed by atoms with Crippen LogP contribution in [0.4, 0.5) is 10.1 Å². The molecule has 0 aliphatic heterocycles. The lowest BCUT2D eigenvalue weighted by atomic mass is 10.1. The SMILES string of the molecule is CCSC1(CNc2ccc(S(=O)(=O)N[C@@H](CF)COC)c3ccncc23)CC1. The minimum absolute atomic E-state index is 0.0357. The molecule has 2 N–H and O–H groups in total. The second kappa shape index (κ2) is 8.94. The number of methoxy groups -OCH3 is 1. The van der Waals surface area contributed by atoms with Crippen LogP contribution in [-0.2, 0) is 14.8 Å². The van der Waals surface area contributed by atoms with Crippen molar-refractivity contribution in [3.05, 3.63) is 30.6 Å². The van der Waals surface area contributed by atoms with E-state index in [1.54, 1.807) is 30.6 Å². The molecule has 1 aliphatic carbocycles. The molecule has 9 heteroatoms. The number of hydrogen-bond acceptors (Lipinski definition) is 6. The zero-order valence-electron chi connectivity index (χ0n) is 16.1. The van der Waals surface area contributed by atoms with Crippen LogP contribution >= 0.6 is 11.8 Å². The van der Waals surface area contributed by atoms with E-state index < -0.39 is 22.7 Å². The Hall–Kier alpha value is -1.42. The normalized spacial score (nSPS) is 16.8. The Morgan fingerprint density at radius 1 is 1.32 bits per heavy atom. The summed E-state index contributed by atoms with van der Waals surface area (Å²) in [5, 5.41) is 4.75. The number of pyridine rings is 1. The molecule has 1 fully saturated rings. The van der Waals surface area contributed by atoms with E-state index in [0.29, 0.717) is 5.39 Å². The highest BCUT2D eigenvalue weighted by Gasteiger charge is 2.42. The number of fused-ring (bicyclic) bond motifs is 1. The van der Waals surface area contributed by atoms with Gasteiger partial charge in [0.1, 0.15) is 6.67 Å². The molecule has 1 aromatic heterocycles. The summed E-state index contributed by atoms with van der Waals surface area (Å²) in [5.41, 5.74) is 0.851. The van der Waals surface area contributed by atoms with Gasteiger partial charge in [0.15, 0.2) is 0 Å². The molecule has 1 heterocycles. The molecule has 0 amide bonds. The van der Waals surface area contributed by atoms with Gasteiger partial charge in [-0.3, -0.25) is 4.98 Å². The van der Waals surface area contributed by atoms with Gasteiger partial charge < -0.3 is 10.1 Å². The molecule has 0 unspecified atom stereocenters. The zero-order chi connectivity index (χ0) is 20.2. The Morgan fingerprint density at radius 2 is 2.11 bits per heavy atom. The highest BCUT2D eigenvalue weighted by molar-refractivity contribution is 8.00. The molecule has 3 rings (SSSR count). The van der Waals surface area contributed by atoms with Crippen molar-refractivity contribution >= 4 is 38.2 Å². The average molecular weight is 428 g/mol. The number of nitrogens with zero attached hydrogens (tertiary/aromatic N) is 1. The van der Waals surface area contributed by atoms with E-state index in [2.05, 4.69) is 21.9 Å². The molecule has 154 valence electrons. The largest absolute Gasteiger partial charge is 0.383 e. The van der Waals surface area contributed by atoms with Gasteiger partial charge in [-0.05, 0) is 36.8 Å². The van der Waals surface area contributed by atoms with Gasteiger partial charge in [-0.25, -0.2) is 17.5 Å². The van der Waals surface area contributed by atoms with Crippen LogP contribution < -0.4 is 10.0 Å². The van der Waals surface area contributed by atoms with Crippen LogP contribution in [0.2, 0.25) is 0 Å². The van der Waals surface area contributed by atoms with Crippen LogP contribution in [0.15, 0.2) is 35.5 Å². The first-order valence-corrected chi connectivity index (χ1v) is 11.7. The molecule has 0 spiro atoms. The predicted octanol–water partition coefficient (Wildman–Crippen LogP) is 3.20. The van der Waals surface area contributed by atoms with Gasteiger partial charge in [0.05, 0.1) is 17.5 Å². The summed E-state index contributed by atoms with van der Waals surface area (Å²) >= 11 is 1.96. The number of halogens is 1. The topological polar surface area (TPSA) is 80.3 Å². The Balaban J connectivity index is 1.89. The first kappa shape index (κ1) is 21.3. The number of benzene rings is 1. The van der Waals surface area contributed by atoms with Gasteiger partial charge in [-0.2, -0.15) is 11.8 Å². The summed E-state index contributed by atoms with van der Waals surface area (Å²) < 4.78 is 46.3. The lowest BCUT2D eigenvalue weighted by Crippen LogP contribution is -2.39. The zero-order valence-corrected chi connectivity index (χ0v) is 17.7. The van der Waals surface area contributed by atoms with Crippen molar-refractivity contribution < 1.29 is 17.5 Å². The van der Waals surface area contributed by atoms with E-state index >= 15 is 0 Å². The molecule has 1 aliphatic rings. The molecule has 1 atom stereocenters. The molecule has 1 aromatic carbocycles. The van der Waals surface area contributed by atoms with Crippen molar-refractivity contribution in [2.24, 2.45) is 0 Å². The summed E-state index contributed by atoms with van der Waals surface area (Å²) in [6.45, 7) is 2.11.